The van der Waals surface area contributed by atoms with Crippen LogP contribution in [0.25, 0.3) is 60.3 Å². The molecular formula is C31H28N6S. The van der Waals surface area contributed by atoms with Gasteiger partial charge in [0.2, 0.25) is 0 Å². The van der Waals surface area contributed by atoms with Crippen molar-refractivity contribution in [2.75, 3.05) is 5.32 Å². The Bertz CT molecular complexity index is 1820. The van der Waals surface area contributed by atoms with Gasteiger partial charge in [-0.05, 0) is 60.9 Å². The number of aromatic nitrogens is 5. The zero-order valence-corrected chi connectivity index (χ0v) is 22.2. The fourth-order valence-electron chi connectivity index (χ4n) is 4.72. The minimum Gasteiger partial charge on any atom is -0.358 e. The van der Waals surface area contributed by atoms with Gasteiger partial charge in [-0.25, -0.2) is 0 Å². The first-order valence-corrected chi connectivity index (χ1v) is 13.4. The van der Waals surface area contributed by atoms with Gasteiger partial charge in [0.05, 0.1) is 34.8 Å². The summed E-state index contributed by atoms with van der Waals surface area (Å²) in [6.07, 6.45) is 9.49. The highest BCUT2D eigenvalue weighted by molar-refractivity contribution is 7.16. The summed E-state index contributed by atoms with van der Waals surface area (Å²) >= 11 is 1.73. The van der Waals surface area contributed by atoms with Crippen LogP contribution in [0.5, 0.6) is 0 Å². The number of anilines is 1. The van der Waals surface area contributed by atoms with Gasteiger partial charge in [-0.3, -0.25) is 15.1 Å². The molecule has 0 fully saturated rings. The van der Waals surface area contributed by atoms with Gasteiger partial charge in [-0.15, -0.1) is 11.3 Å². The molecule has 0 atom stereocenters. The molecule has 0 bridgehead atoms. The molecule has 0 radical (unpaired) electrons. The van der Waals surface area contributed by atoms with E-state index in [-0.39, 0.29) is 0 Å². The van der Waals surface area contributed by atoms with Gasteiger partial charge in [0, 0.05) is 49.7 Å². The maximum Gasteiger partial charge on any atom is 0.116 e. The number of thiophene rings is 1. The molecule has 188 valence electrons. The van der Waals surface area contributed by atoms with E-state index in [1.165, 1.54) is 9.75 Å². The van der Waals surface area contributed by atoms with E-state index >= 15 is 0 Å². The normalized spacial score (nSPS) is 11.3. The first-order valence-electron chi connectivity index (χ1n) is 12.6. The van der Waals surface area contributed by atoms with E-state index in [1.54, 1.807) is 11.3 Å². The highest BCUT2D eigenvalue weighted by Gasteiger charge is 2.16. The van der Waals surface area contributed by atoms with Crippen LogP contribution in [-0.4, -0.2) is 25.1 Å². The fraction of sp³-hybridized carbons (Fsp3) is 0.129. The molecule has 0 amide bonds. The standard InChI is InChI=1S/C31H28N6S/c1-5-6-19(4)34-22-11-21(14-32-15-22)20-7-8-26-24(12-20)31(37-36-26)27-13-23-25(16-33-17-28(23)35-27)30-10-9-29(38-30)18(2)3/h7-17,34-35H,2,4-6H2,1,3H3,(H,36,37). The smallest absolute Gasteiger partial charge is 0.116 e. The average Bonchev–Trinajstić information content (AvgIpc) is 3.66. The van der Waals surface area contributed by atoms with Crippen molar-refractivity contribution in [2.24, 2.45) is 0 Å². The van der Waals surface area contributed by atoms with Gasteiger partial charge >= 0.3 is 0 Å². The third-order valence-electron chi connectivity index (χ3n) is 6.60. The Labute approximate surface area is 225 Å². The second-order valence-electron chi connectivity index (χ2n) is 9.55. The van der Waals surface area contributed by atoms with Crippen molar-refractivity contribution in [1.82, 2.24) is 25.1 Å². The molecule has 38 heavy (non-hydrogen) atoms. The lowest BCUT2D eigenvalue weighted by molar-refractivity contribution is 0.913. The summed E-state index contributed by atoms with van der Waals surface area (Å²) in [5, 5.41) is 13.4. The summed E-state index contributed by atoms with van der Waals surface area (Å²) in [4.78, 5) is 14.9. The molecule has 0 saturated heterocycles. The number of benzene rings is 1. The van der Waals surface area contributed by atoms with Crippen molar-refractivity contribution in [3.05, 3.63) is 91.0 Å². The SMILES string of the molecule is C=C(CCC)Nc1cncc(-c2ccc3[nH]nc(-c4cc5c(-c6ccc(C(=C)C)s6)cncc5[nH]4)c3c2)c1. The number of nitrogens with zero attached hydrogens (tertiary/aromatic N) is 3. The number of pyridine rings is 2. The lowest BCUT2D eigenvalue weighted by atomic mass is 10.0. The topological polar surface area (TPSA) is 82.3 Å². The quantitative estimate of drug-likeness (QED) is 0.189. The molecule has 0 aliphatic heterocycles. The van der Waals surface area contributed by atoms with Crippen molar-refractivity contribution in [3.63, 3.8) is 0 Å². The summed E-state index contributed by atoms with van der Waals surface area (Å²) < 4.78 is 0. The Kier molecular flexibility index (Phi) is 6.13. The van der Waals surface area contributed by atoms with Gasteiger partial charge in [0.25, 0.3) is 0 Å². The third-order valence-corrected chi connectivity index (χ3v) is 7.88. The van der Waals surface area contributed by atoms with Crippen molar-refractivity contribution < 1.29 is 0 Å². The van der Waals surface area contributed by atoms with Crippen LogP contribution in [0.3, 0.4) is 0 Å². The van der Waals surface area contributed by atoms with E-state index < -0.39 is 0 Å². The summed E-state index contributed by atoms with van der Waals surface area (Å²) in [7, 11) is 0. The van der Waals surface area contributed by atoms with Gasteiger partial charge in [0.1, 0.15) is 5.69 Å². The number of hydrogen-bond acceptors (Lipinski definition) is 5. The molecule has 3 N–H and O–H groups in total. The van der Waals surface area contributed by atoms with Crippen LogP contribution in [0.4, 0.5) is 5.69 Å². The van der Waals surface area contributed by atoms with Crippen LogP contribution in [-0.2, 0) is 0 Å². The Morgan fingerprint density at radius 2 is 1.79 bits per heavy atom. The lowest BCUT2D eigenvalue weighted by Gasteiger charge is -2.10. The van der Waals surface area contributed by atoms with Crippen molar-refractivity contribution in [1.29, 1.82) is 0 Å². The lowest BCUT2D eigenvalue weighted by Crippen LogP contribution is -1.98. The average molecular weight is 517 g/mol. The maximum atomic E-state index is 4.68. The largest absolute Gasteiger partial charge is 0.358 e. The van der Waals surface area contributed by atoms with Crippen LogP contribution < -0.4 is 5.32 Å². The Balaban J connectivity index is 1.39. The highest BCUT2D eigenvalue weighted by atomic mass is 32.1. The predicted octanol–water partition coefficient (Wildman–Crippen LogP) is 8.66. The van der Waals surface area contributed by atoms with Crippen LogP contribution in [0.15, 0.2) is 86.1 Å². The molecule has 1 aromatic carbocycles. The number of rotatable bonds is 8. The van der Waals surface area contributed by atoms with Crippen LogP contribution in [0, 0.1) is 0 Å². The number of fused-ring (bicyclic) bond motifs is 2. The summed E-state index contributed by atoms with van der Waals surface area (Å²) in [6.45, 7) is 12.4. The van der Waals surface area contributed by atoms with E-state index in [2.05, 4.69) is 93.0 Å². The zero-order valence-electron chi connectivity index (χ0n) is 21.4. The molecule has 5 heterocycles. The maximum absolute atomic E-state index is 4.68. The first kappa shape index (κ1) is 23.9. The molecule has 0 spiro atoms. The fourth-order valence-corrected chi connectivity index (χ4v) is 5.68. The third kappa shape index (κ3) is 4.41. The van der Waals surface area contributed by atoms with Crippen molar-refractivity contribution >= 4 is 44.4 Å². The van der Waals surface area contributed by atoms with Crippen molar-refractivity contribution in [2.45, 2.75) is 26.7 Å². The molecule has 0 unspecified atom stereocenters. The molecule has 6 nitrogen and oxygen atoms in total. The predicted molar refractivity (Wildman–Crippen MR) is 160 cm³/mol. The second kappa shape index (κ2) is 9.76. The minimum absolute atomic E-state index is 0.872. The van der Waals surface area contributed by atoms with Crippen LogP contribution >= 0.6 is 11.3 Å². The van der Waals surface area contributed by atoms with Gasteiger partial charge < -0.3 is 10.3 Å². The Morgan fingerprint density at radius 3 is 2.61 bits per heavy atom. The molecule has 0 aliphatic rings. The molecular weight excluding hydrogens is 488 g/mol. The number of nitrogens with one attached hydrogen (secondary N) is 3. The van der Waals surface area contributed by atoms with Gasteiger partial charge in [0.15, 0.2) is 0 Å². The first-order chi connectivity index (χ1) is 18.5. The van der Waals surface area contributed by atoms with E-state index in [9.17, 15) is 0 Å². The second-order valence-corrected chi connectivity index (χ2v) is 10.6. The van der Waals surface area contributed by atoms with Crippen LogP contribution in [0.2, 0.25) is 0 Å². The molecule has 5 aromatic heterocycles. The molecule has 6 rings (SSSR count). The monoisotopic (exact) mass is 516 g/mol. The summed E-state index contributed by atoms with van der Waals surface area (Å²) in [6, 6.07) is 14.9. The number of H-pyrrole nitrogens is 2. The van der Waals surface area contributed by atoms with Crippen LogP contribution in [0.1, 0.15) is 31.6 Å². The summed E-state index contributed by atoms with van der Waals surface area (Å²) in [5.41, 5.74) is 9.96. The number of aromatic amines is 2. The summed E-state index contributed by atoms with van der Waals surface area (Å²) in [5.74, 6) is 0. The number of hydrogen-bond donors (Lipinski definition) is 3. The molecule has 0 saturated carbocycles. The van der Waals surface area contributed by atoms with E-state index in [1.807, 2.05) is 31.7 Å². The number of allylic oxidation sites excluding steroid dienone is 2. The molecule has 7 heteroatoms. The van der Waals surface area contributed by atoms with E-state index in [0.717, 1.165) is 79.7 Å². The molecule has 6 aromatic rings. The Hall–Kier alpha value is -4.49. The van der Waals surface area contributed by atoms with E-state index in [4.69, 9.17) is 0 Å². The van der Waals surface area contributed by atoms with Gasteiger partial charge in [-0.2, -0.15) is 5.10 Å². The Morgan fingerprint density at radius 1 is 0.921 bits per heavy atom. The molecule has 0 aliphatic carbocycles. The van der Waals surface area contributed by atoms with Gasteiger partial charge in [-0.1, -0.05) is 32.6 Å². The zero-order chi connectivity index (χ0) is 26.2. The van der Waals surface area contributed by atoms with Crippen molar-refractivity contribution in [3.8, 4) is 33.0 Å². The highest BCUT2D eigenvalue weighted by Crippen LogP contribution is 2.38. The van der Waals surface area contributed by atoms with E-state index in [0.29, 0.717) is 0 Å². The minimum atomic E-state index is 0.872.